The zero-order chi connectivity index (χ0) is 22.2. The molecule has 3 heterocycles. The van der Waals surface area contributed by atoms with Gasteiger partial charge in [0, 0.05) is 23.0 Å². The molecule has 0 radical (unpaired) electrons. The smallest absolute Gasteiger partial charge is 0.415 e. The van der Waals surface area contributed by atoms with Gasteiger partial charge >= 0.3 is 6.09 Å². The van der Waals surface area contributed by atoms with Gasteiger partial charge in [-0.25, -0.2) is 4.79 Å². The minimum absolute atomic E-state index is 0.201. The molecule has 2 aliphatic rings. The summed E-state index contributed by atoms with van der Waals surface area (Å²) in [4.78, 5) is 44.8. The van der Waals surface area contributed by atoms with Crippen molar-refractivity contribution in [2.24, 2.45) is 0 Å². The highest BCUT2D eigenvalue weighted by Gasteiger charge is 2.38. The van der Waals surface area contributed by atoms with E-state index in [2.05, 4.69) is 16.4 Å². The molecule has 160 valence electrons. The number of pyridine rings is 1. The molecule has 10 heteroatoms. The molecule has 3 amide bonds. The minimum Gasteiger partial charge on any atom is -0.441 e. The van der Waals surface area contributed by atoms with Crippen molar-refractivity contribution in [2.75, 3.05) is 29.6 Å². The number of rotatable bonds is 4. The molecule has 1 unspecified atom stereocenters. The second-order valence-electron chi connectivity index (χ2n) is 7.96. The molecule has 1 N–H and O–H groups in total. The van der Waals surface area contributed by atoms with Gasteiger partial charge in [0.05, 0.1) is 36.1 Å². The zero-order valence-electron chi connectivity index (χ0n) is 17.1. The van der Waals surface area contributed by atoms with Crippen molar-refractivity contribution in [3.63, 3.8) is 0 Å². The average Bonchev–Trinajstić information content (AvgIpc) is 3.33. The average molecular weight is 439 g/mol. The molecular weight excluding hydrogens is 418 g/mol. The van der Waals surface area contributed by atoms with E-state index in [-0.39, 0.29) is 12.5 Å². The molecule has 0 spiro atoms. The van der Waals surface area contributed by atoms with Gasteiger partial charge in [-0.15, -0.1) is 11.8 Å². The van der Waals surface area contributed by atoms with Crippen LogP contribution < -0.4 is 10.2 Å². The number of thioether (sulfide) groups is 1. The van der Waals surface area contributed by atoms with E-state index in [4.69, 9.17) is 10.00 Å². The lowest BCUT2D eigenvalue weighted by molar-refractivity contribution is -0.129. The molecule has 0 saturated carbocycles. The van der Waals surface area contributed by atoms with Crippen LogP contribution in [0, 0.1) is 11.3 Å². The van der Waals surface area contributed by atoms with Crippen LogP contribution in [0.2, 0.25) is 0 Å². The van der Waals surface area contributed by atoms with Gasteiger partial charge in [0.25, 0.3) is 5.91 Å². The topological polar surface area (TPSA) is 116 Å². The van der Waals surface area contributed by atoms with Crippen LogP contribution in [0.1, 0.15) is 24.2 Å². The highest BCUT2D eigenvalue weighted by Crippen LogP contribution is 2.30. The Kier molecular flexibility index (Phi) is 5.45. The molecule has 1 aromatic carbocycles. The largest absolute Gasteiger partial charge is 0.441 e. The van der Waals surface area contributed by atoms with E-state index in [1.807, 2.05) is 13.8 Å². The lowest BCUT2D eigenvalue weighted by atomic mass is 10.1. The molecule has 1 atom stereocenters. The molecule has 9 nitrogen and oxygen atoms in total. The summed E-state index contributed by atoms with van der Waals surface area (Å²) in [6, 6.07) is 8.43. The van der Waals surface area contributed by atoms with Crippen molar-refractivity contribution in [1.29, 1.82) is 5.26 Å². The third kappa shape index (κ3) is 4.14. The molecule has 0 bridgehead atoms. The summed E-state index contributed by atoms with van der Waals surface area (Å²) in [6.07, 6.45) is 1.08. The number of hydrogen-bond acceptors (Lipinski definition) is 7. The predicted octanol–water partition coefficient (Wildman–Crippen LogP) is 2.12. The second-order valence-corrected chi connectivity index (χ2v) is 8.96. The number of carbonyl (C=O) groups excluding carboxylic acids is 3. The third-order valence-electron chi connectivity index (χ3n) is 5.16. The highest BCUT2D eigenvalue weighted by molar-refractivity contribution is 7.99. The molecule has 2 aliphatic heterocycles. The zero-order valence-corrected chi connectivity index (χ0v) is 17.9. The molecule has 2 aromatic rings. The van der Waals surface area contributed by atoms with Gasteiger partial charge in [-0.05, 0) is 38.1 Å². The third-order valence-corrected chi connectivity index (χ3v) is 6.17. The van der Waals surface area contributed by atoms with Gasteiger partial charge in [-0.3, -0.25) is 19.5 Å². The Balaban J connectivity index is 1.54. The molecule has 4 rings (SSSR count). The summed E-state index contributed by atoms with van der Waals surface area (Å²) >= 11 is 1.51. The van der Waals surface area contributed by atoms with Gasteiger partial charge in [0.15, 0.2) is 0 Å². The number of nitriles is 1. The Morgan fingerprint density at radius 3 is 2.90 bits per heavy atom. The number of aromatic nitrogens is 1. The van der Waals surface area contributed by atoms with Gasteiger partial charge in [-0.2, -0.15) is 5.26 Å². The number of nitrogens with one attached hydrogen (secondary N) is 1. The van der Waals surface area contributed by atoms with E-state index in [1.54, 1.807) is 24.3 Å². The van der Waals surface area contributed by atoms with Crippen molar-refractivity contribution in [3.05, 3.63) is 36.0 Å². The van der Waals surface area contributed by atoms with E-state index >= 15 is 0 Å². The molecule has 2 saturated heterocycles. The Morgan fingerprint density at radius 1 is 1.39 bits per heavy atom. The Hall–Kier alpha value is -3.32. The first kappa shape index (κ1) is 20.9. The van der Waals surface area contributed by atoms with Crippen molar-refractivity contribution < 1.29 is 19.1 Å². The molecule has 1 aromatic heterocycles. The Labute approximate surface area is 183 Å². The van der Waals surface area contributed by atoms with Crippen LogP contribution in [-0.2, 0) is 9.53 Å². The highest BCUT2D eigenvalue weighted by atomic mass is 32.2. The number of benzene rings is 1. The lowest BCUT2D eigenvalue weighted by Crippen LogP contribution is -2.42. The lowest BCUT2D eigenvalue weighted by Gasteiger charge is -2.19. The van der Waals surface area contributed by atoms with Crippen LogP contribution in [0.4, 0.5) is 10.5 Å². The van der Waals surface area contributed by atoms with Gasteiger partial charge in [-0.1, -0.05) is 0 Å². The first-order valence-corrected chi connectivity index (χ1v) is 10.9. The summed E-state index contributed by atoms with van der Waals surface area (Å²) in [6.45, 7) is 3.85. The standard InChI is InChI=1S/C21H21N5O4S/c1-21(2)11-25(20(29)30-21)13-3-4-17-16(7-13)15(5-6-23-17)19(28)24-9-18(27)26-12-31-10-14(26)8-22/h3-7,14H,9-12H2,1-2H3,(H,24,28). The summed E-state index contributed by atoms with van der Waals surface area (Å²) in [5.41, 5.74) is 0.942. The fraction of sp³-hybridized carbons (Fsp3) is 0.381. The van der Waals surface area contributed by atoms with Gasteiger partial charge in [0.2, 0.25) is 5.91 Å². The maximum absolute atomic E-state index is 12.8. The van der Waals surface area contributed by atoms with Crippen molar-refractivity contribution >= 4 is 46.3 Å². The van der Waals surface area contributed by atoms with E-state index in [0.717, 1.165) is 0 Å². The predicted molar refractivity (Wildman–Crippen MR) is 116 cm³/mol. The molecule has 31 heavy (non-hydrogen) atoms. The van der Waals surface area contributed by atoms with Crippen molar-refractivity contribution in [1.82, 2.24) is 15.2 Å². The Morgan fingerprint density at radius 2 is 2.19 bits per heavy atom. The molecular formula is C21H21N5O4S. The maximum Gasteiger partial charge on any atom is 0.415 e. The number of amides is 3. The fourth-order valence-electron chi connectivity index (χ4n) is 3.61. The number of carbonyl (C=O) groups is 3. The van der Waals surface area contributed by atoms with E-state index in [0.29, 0.717) is 40.3 Å². The van der Waals surface area contributed by atoms with Crippen molar-refractivity contribution in [2.45, 2.75) is 25.5 Å². The maximum atomic E-state index is 12.8. The summed E-state index contributed by atoms with van der Waals surface area (Å²) < 4.78 is 5.36. The summed E-state index contributed by atoms with van der Waals surface area (Å²) in [7, 11) is 0. The van der Waals surface area contributed by atoms with E-state index in [1.165, 1.54) is 27.8 Å². The number of nitrogens with zero attached hydrogens (tertiary/aromatic N) is 4. The second kappa shape index (κ2) is 8.07. The van der Waals surface area contributed by atoms with E-state index in [9.17, 15) is 14.4 Å². The fourth-order valence-corrected chi connectivity index (χ4v) is 4.72. The first-order valence-electron chi connectivity index (χ1n) is 9.73. The van der Waals surface area contributed by atoms with Crippen LogP contribution in [-0.4, -0.2) is 64.2 Å². The number of ether oxygens (including phenoxy) is 1. The normalized spacial score (nSPS) is 19.9. The van der Waals surface area contributed by atoms with Crippen LogP contribution in [0.25, 0.3) is 10.9 Å². The first-order chi connectivity index (χ1) is 14.8. The van der Waals surface area contributed by atoms with Crippen LogP contribution in [0.15, 0.2) is 30.5 Å². The van der Waals surface area contributed by atoms with Crippen LogP contribution >= 0.6 is 11.8 Å². The van der Waals surface area contributed by atoms with Gasteiger partial charge < -0.3 is 15.0 Å². The quantitative estimate of drug-likeness (QED) is 0.776. The molecule has 2 fully saturated rings. The number of anilines is 1. The minimum atomic E-state index is -0.601. The SMILES string of the molecule is CC1(C)CN(c2ccc3nccc(C(=O)NCC(=O)N4CSCC4C#N)c3c2)C(=O)O1. The van der Waals surface area contributed by atoms with Crippen LogP contribution in [0.5, 0.6) is 0 Å². The number of cyclic esters (lactones) is 1. The monoisotopic (exact) mass is 439 g/mol. The Bertz CT molecular complexity index is 1110. The number of fused-ring (bicyclic) bond motifs is 1. The summed E-state index contributed by atoms with van der Waals surface area (Å²) in [5, 5.41) is 12.3. The summed E-state index contributed by atoms with van der Waals surface area (Å²) in [5.74, 6) is 0.286. The van der Waals surface area contributed by atoms with Gasteiger partial charge in [0.1, 0.15) is 11.6 Å². The molecule has 0 aliphatic carbocycles. The van der Waals surface area contributed by atoms with Crippen LogP contribution in [0.3, 0.4) is 0 Å². The van der Waals surface area contributed by atoms with Crippen molar-refractivity contribution in [3.8, 4) is 6.07 Å². The van der Waals surface area contributed by atoms with E-state index < -0.39 is 23.6 Å². The number of hydrogen-bond donors (Lipinski definition) is 1.